The first-order chi connectivity index (χ1) is 11.4. The molecule has 0 unspecified atom stereocenters. The molecule has 0 aliphatic rings. The Kier molecular flexibility index (Phi) is 5.99. The smallest absolute Gasteiger partial charge is 0.220 e. The highest BCUT2D eigenvalue weighted by molar-refractivity contribution is 5.77. The molecule has 0 saturated heterocycles. The Bertz CT molecular complexity index is 668. The zero-order chi connectivity index (χ0) is 17.6. The van der Waals surface area contributed by atoms with Gasteiger partial charge >= 0.3 is 0 Å². The van der Waals surface area contributed by atoms with Gasteiger partial charge < -0.3 is 15.2 Å². The maximum Gasteiger partial charge on any atom is 0.220 e. The lowest BCUT2D eigenvalue weighted by Crippen LogP contribution is -2.33. The third-order valence-electron chi connectivity index (χ3n) is 4.13. The van der Waals surface area contributed by atoms with Crippen LogP contribution in [-0.2, 0) is 10.2 Å². The lowest BCUT2D eigenvalue weighted by Gasteiger charge is -2.25. The number of amides is 1. The number of carbonyl (C=O) groups excluding carboxylic acids is 1. The number of rotatable bonds is 7. The van der Waals surface area contributed by atoms with Crippen molar-refractivity contribution in [3.05, 3.63) is 65.7 Å². The summed E-state index contributed by atoms with van der Waals surface area (Å²) in [4.78, 5) is 12.2. The molecule has 2 aromatic rings. The van der Waals surface area contributed by atoms with Crippen LogP contribution in [0.2, 0.25) is 0 Å². The highest BCUT2D eigenvalue weighted by atomic mass is 16.5. The Morgan fingerprint density at radius 1 is 1.17 bits per heavy atom. The number of hydrogen-bond donors (Lipinski definition) is 2. The average Bonchev–Trinajstić information content (AvgIpc) is 2.60. The summed E-state index contributed by atoms with van der Waals surface area (Å²) >= 11 is 0. The standard InChI is InChI=1S/C20H25NO3/c1-20(2,16-9-5-4-6-10-16)13-19(23)21-14-18(22)15-8-7-11-17(12-15)24-3/h4-12,18,22H,13-14H2,1-3H3,(H,21,23)/t18-/m0/s1. The lowest BCUT2D eigenvalue weighted by atomic mass is 9.81. The predicted octanol–water partition coefficient (Wildman–Crippen LogP) is 3.21. The largest absolute Gasteiger partial charge is 0.497 e. The van der Waals surface area contributed by atoms with Gasteiger partial charge in [-0.2, -0.15) is 0 Å². The number of aliphatic hydroxyl groups is 1. The lowest BCUT2D eigenvalue weighted by molar-refractivity contribution is -0.122. The van der Waals surface area contributed by atoms with Crippen molar-refractivity contribution < 1.29 is 14.6 Å². The van der Waals surface area contributed by atoms with E-state index in [4.69, 9.17) is 4.74 Å². The van der Waals surface area contributed by atoms with Crippen molar-refractivity contribution in [3.63, 3.8) is 0 Å². The monoisotopic (exact) mass is 327 g/mol. The summed E-state index contributed by atoms with van der Waals surface area (Å²) in [6.07, 6.45) is -0.397. The van der Waals surface area contributed by atoms with Crippen LogP contribution < -0.4 is 10.1 Å². The Hall–Kier alpha value is -2.33. The van der Waals surface area contributed by atoms with Crippen molar-refractivity contribution in [1.29, 1.82) is 0 Å². The molecule has 1 amide bonds. The van der Waals surface area contributed by atoms with Crippen LogP contribution in [-0.4, -0.2) is 24.7 Å². The molecule has 0 spiro atoms. The van der Waals surface area contributed by atoms with E-state index in [-0.39, 0.29) is 17.9 Å². The van der Waals surface area contributed by atoms with Crippen LogP contribution in [0.25, 0.3) is 0 Å². The molecule has 2 rings (SSSR count). The Labute approximate surface area is 143 Å². The molecule has 0 radical (unpaired) electrons. The minimum Gasteiger partial charge on any atom is -0.497 e. The van der Waals surface area contributed by atoms with Crippen LogP contribution in [0.3, 0.4) is 0 Å². The summed E-state index contributed by atoms with van der Waals surface area (Å²) in [5.74, 6) is 0.605. The summed E-state index contributed by atoms with van der Waals surface area (Å²) in [6.45, 7) is 4.26. The zero-order valence-corrected chi connectivity index (χ0v) is 14.5. The van der Waals surface area contributed by atoms with Crippen molar-refractivity contribution in [2.45, 2.75) is 31.8 Å². The van der Waals surface area contributed by atoms with Gasteiger partial charge in [0, 0.05) is 13.0 Å². The highest BCUT2D eigenvalue weighted by Crippen LogP contribution is 2.26. The Morgan fingerprint density at radius 3 is 2.54 bits per heavy atom. The molecule has 4 heteroatoms. The van der Waals surface area contributed by atoms with E-state index < -0.39 is 6.10 Å². The van der Waals surface area contributed by atoms with Crippen LogP contribution in [0.1, 0.15) is 37.5 Å². The van der Waals surface area contributed by atoms with E-state index in [2.05, 4.69) is 5.32 Å². The average molecular weight is 327 g/mol. The third-order valence-corrected chi connectivity index (χ3v) is 4.13. The van der Waals surface area contributed by atoms with E-state index in [1.807, 2.05) is 62.4 Å². The molecule has 0 heterocycles. The number of aliphatic hydroxyl groups excluding tert-OH is 1. The van der Waals surface area contributed by atoms with E-state index >= 15 is 0 Å². The van der Waals surface area contributed by atoms with E-state index in [1.54, 1.807) is 13.2 Å². The van der Waals surface area contributed by atoms with Gasteiger partial charge in [0.2, 0.25) is 5.91 Å². The Morgan fingerprint density at radius 2 is 1.88 bits per heavy atom. The molecule has 0 fully saturated rings. The fourth-order valence-electron chi connectivity index (χ4n) is 2.63. The summed E-state index contributed by atoms with van der Waals surface area (Å²) in [5, 5.41) is 13.0. The maximum atomic E-state index is 12.2. The molecule has 0 aliphatic carbocycles. The van der Waals surface area contributed by atoms with Gasteiger partial charge in [0.1, 0.15) is 5.75 Å². The number of methoxy groups -OCH3 is 1. The summed E-state index contributed by atoms with van der Waals surface area (Å²) < 4.78 is 5.15. The number of ether oxygens (including phenoxy) is 1. The van der Waals surface area contributed by atoms with Gasteiger partial charge in [-0.25, -0.2) is 0 Å². The number of hydrogen-bond acceptors (Lipinski definition) is 3. The van der Waals surface area contributed by atoms with Crippen LogP contribution >= 0.6 is 0 Å². The molecule has 2 N–H and O–H groups in total. The second-order valence-corrected chi connectivity index (χ2v) is 6.52. The van der Waals surface area contributed by atoms with Gasteiger partial charge in [0.25, 0.3) is 0 Å². The summed E-state index contributed by atoms with van der Waals surface area (Å²) in [6, 6.07) is 17.2. The van der Waals surface area contributed by atoms with Gasteiger partial charge in [-0.05, 0) is 28.7 Å². The molecule has 4 nitrogen and oxygen atoms in total. The first kappa shape index (κ1) is 18.0. The second kappa shape index (κ2) is 7.97. The molecule has 2 aromatic carbocycles. The molecule has 0 aliphatic heterocycles. The van der Waals surface area contributed by atoms with Gasteiger partial charge in [0.05, 0.1) is 13.2 Å². The normalized spacial score (nSPS) is 12.5. The highest BCUT2D eigenvalue weighted by Gasteiger charge is 2.24. The van der Waals surface area contributed by atoms with Crippen molar-refractivity contribution in [3.8, 4) is 5.75 Å². The van der Waals surface area contributed by atoms with Gasteiger partial charge in [-0.15, -0.1) is 0 Å². The van der Waals surface area contributed by atoms with Crippen molar-refractivity contribution in [2.24, 2.45) is 0 Å². The fraction of sp³-hybridized carbons (Fsp3) is 0.350. The number of nitrogens with one attached hydrogen (secondary N) is 1. The molecule has 0 bridgehead atoms. The summed E-state index contributed by atoms with van der Waals surface area (Å²) in [5.41, 5.74) is 1.58. The summed E-state index contributed by atoms with van der Waals surface area (Å²) in [7, 11) is 1.58. The molecule has 0 aromatic heterocycles. The van der Waals surface area contributed by atoms with Crippen molar-refractivity contribution in [1.82, 2.24) is 5.32 Å². The molecule has 1 atom stereocenters. The van der Waals surface area contributed by atoms with Crippen LogP contribution in [0.15, 0.2) is 54.6 Å². The first-order valence-electron chi connectivity index (χ1n) is 8.06. The fourth-order valence-corrected chi connectivity index (χ4v) is 2.63. The van der Waals surface area contributed by atoms with Gasteiger partial charge in [-0.3, -0.25) is 4.79 Å². The van der Waals surface area contributed by atoms with E-state index in [9.17, 15) is 9.90 Å². The van der Waals surface area contributed by atoms with Crippen molar-refractivity contribution in [2.75, 3.05) is 13.7 Å². The molecule has 24 heavy (non-hydrogen) atoms. The Balaban J connectivity index is 1.90. The number of carbonyl (C=O) groups is 1. The van der Waals surface area contributed by atoms with Crippen molar-refractivity contribution >= 4 is 5.91 Å². The quantitative estimate of drug-likeness (QED) is 0.821. The second-order valence-electron chi connectivity index (χ2n) is 6.52. The van der Waals surface area contributed by atoms with Crippen LogP contribution in [0.5, 0.6) is 5.75 Å². The van der Waals surface area contributed by atoms with Crippen LogP contribution in [0, 0.1) is 0 Å². The SMILES string of the molecule is COc1cccc([C@@H](O)CNC(=O)CC(C)(C)c2ccccc2)c1. The molecular formula is C20H25NO3. The maximum absolute atomic E-state index is 12.2. The van der Waals surface area contributed by atoms with Crippen LogP contribution in [0.4, 0.5) is 0 Å². The van der Waals surface area contributed by atoms with E-state index in [1.165, 1.54) is 0 Å². The molecular weight excluding hydrogens is 302 g/mol. The minimum atomic E-state index is -0.760. The predicted molar refractivity (Wildman–Crippen MR) is 95.0 cm³/mol. The van der Waals surface area contributed by atoms with E-state index in [0.29, 0.717) is 12.2 Å². The van der Waals surface area contributed by atoms with Gasteiger partial charge in [-0.1, -0.05) is 56.3 Å². The van der Waals surface area contributed by atoms with Gasteiger partial charge in [0.15, 0.2) is 0 Å². The number of benzene rings is 2. The molecule has 0 saturated carbocycles. The zero-order valence-electron chi connectivity index (χ0n) is 14.5. The molecule has 128 valence electrons. The first-order valence-corrected chi connectivity index (χ1v) is 8.06. The van der Waals surface area contributed by atoms with E-state index in [0.717, 1.165) is 11.1 Å². The topological polar surface area (TPSA) is 58.6 Å². The third kappa shape index (κ3) is 4.83. The minimum absolute atomic E-state index is 0.0780.